The summed E-state index contributed by atoms with van der Waals surface area (Å²) >= 11 is 5.77. The van der Waals surface area contributed by atoms with E-state index in [0.29, 0.717) is 23.7 Å². The van der Waals surface area contributed by atoms with Gasteiger partial charge >= 0.3 is 6.18 Å². The molecule has 0 radical (unpaired) electrons. The summed E-state index contributed by atoms with van der Waals surface area (Å²) in [5.74, 6) is -0.555. The van der Waals surface area contributed by atoms with E-state index in [0.717, 1.165) is 76.7 Å². The van der Waals surface area contributed by atoms with Crippen LogP contribution in [0.4, 0.5) is 30.2 Å². The summed E-state index contributed by atoms with van der Waals surface area (Å²) in [5, 5.41) is 17.9. The van der Waals surface area contributed by atoms with Gasteiger partial charge in [-0.15, -0.1) is 12.4 Å². The summed E-state index contributed by atoms with van der Waals surface area (Å²) in [4.78, 5) is 58.2. The Morgan fingerprint density at radius 3 is 2.31 bits per heavy atom. The Balaban J connectivity index is 0.00000661. The summed E-state index contributed by atoms with van der Waals surface area (Å²) in [6, 6.07) is 12.0. The van der Waals surface area contributed by atoms with Gasteiger partial charge < -0.3 is 20.4 Å². The van der Waals surface area contributed by atoms with Gasteiger partial charge in [0.2, 0.25) is 17.7 Å². The number of amides is 4. The zero-order chi connectivity index (χ0) is 41.9. The van der Waals surface area contributed by atoms with Crippen molar-refractivity contribution in [2.24, 2.45) is 5.92 Å². The molecule has 4 amide bonds. The van der Waals surface area contributed by atoms with Crippen molar-refractivity contribution in [2.45, 2.75) is 121 Å². The van der Waals surface area contributed by atoms with Crippen LogP contribution in [0.3, 0.4) is 0 Å². The number of nitrogens with zero attached hydrogens (tertiary/aromatic N) is 5. The lowest BCUT2D eigenvalue weighted by atomic mass is 9.81. The molecule has 1 aliphatic carbocycles. The Labute approximate surface area is 355 Å². The Kier molecular flexibility index (Phi) is 14.7. The van der Waals surface area contributed by atoms with Gasteiger partial charge in [-0.05, 0) is 127 Å². The van der Waals surface area contributed by atoms with Crippen LogP contribution in [-0.2, 0) is 25.4 Å². The van der Waals surface area contributed by atoms with Gasteiger partial charge in [-0.25, -0.2) is 0 Å². The van der Waals surface area contributed by atoms with E-state index in [9.17, 15) is 37.6 Å². The number of hydrogen-bond acceptors (Lipinski definition) is 9. The van der Waals surface area contributed by atoms with Crippen molar-refractivity contribution in [3.05, 3.63) is 53.6 Å². The number of carbonyl (C=O) groups is 4. The number of alkyl halides is 3. The Morgan fingerprint density at radius 2 is 1.66 bits per heavy atom. The molecule has 2 aromatic carbocycles. The molecule has 59 heavy (non-hydrogen) atoms. The molecule has 3 atom stereocenters. The maximum absolute atomic E-state index is 13.7. The quantitative estimate of drug-likeness (QED) is 0.120. The standard InChI is InChI=1S/C42H53F3N8O4S.ClH/c1-26-23-50(24-27(2)51(26)25-37(55)48-31-10-7-9-30(20-31)47-35-17-18-36(54)49-38(35)56)19-6-5-8-28-11-14-32(15-12-28)53-40(58)52(39(57)41(53,3)4)33-16-13-29(22-46)34(21-33)42(43,44)45;/h7,9-10,13,16,20-21,26-28,32,35,47H,5-6,8,11-12,14-15,17-19,23-25H2,1-4H3,(H,48,55)(H,49,54,56);1H/t26-,27+,28?,32?,35?;. The number of halogens is 4. The first-order chi connectivity index (χ1) is 27.5. The summed E-state index contributed by atoms with van der Waals surface area (Å²) in [7, 11) is 0. The third-order valence-electron chi connectivity index (χ3n) is 12.2. The van der Waals surface area contributed by atoms with E-state index in [1.807, 2.05) is 23.1 Å². The summed E-state index contributed by atoms with van der Waals surface area (Å²) < 4.78 is 41.2. The van der Waals surface area contributed by atoms with Crippen LogP contribution in [0.5, 0.6) is 0 Å². The molecule has 3 saturated heterocycles. The van der Waals surface area contributed by atoms with Gasteiger partial charge in [0.05, 0.1) is 29.4 Å². The number of imide groups is 1. The topological polar surface area (TPSA) is 141 Å². The molecular formula is C42H54ClF3N8O4S. The minimum absolute atomic E-state index is 0. The van der Waals surface area contributed by atoms with Gasteiger partial charge in [0.25, 0.3) is 5.91 Å². The second kappa shape index (κ2) is 19.0. The van der Waals surface area contributed by atoms with Crippen LogP contribution < -0.4 is 20.9 Å². The number of anilines is 3. The molecule has 12 nitrogen and oxygen atoms in total. The van der Waals surface area contributed by atoms with Gasteiger partial charge in [-0.1, -0.05) is 18.9 Å². The predicted molar refractivity (Wildman–Crippen MR) is 226 cm³/mol. The van der Waals surface area contributed by atoms with Crippen LogP contribution in [0, 0.1) is 17.2 Å². The maximum Gasteiger partial charge on any atom is 0.417 e. The highest BCUT2D eigenvalue weighted by molar-refractivity contribution is 7.80. The first-order valence-electron chi connectivity index (χ1n) is 20.2. The van der Waals surface area contributed by atoms with Crippen LogP contribution in [0.2, 0.25) is 0 Å². The first-order valence-corrected chi connectivity index (χ1v) is 20.6. The van der Waals surface area contributed by atoms with Crippen molar-refractivity contribution in [1.82, 2.24) is 20.0 Å². The first kappa shape index (κ1) is 45.8. The number of carbonyl (C=O) groups excluding carboxylic acids is 4. The number of benzene rings is 2. The molecule has 3 N–H and O–H groups in total. The number of unbranched alkanes of at least 4 members (excludes halogenated alkanes) is 1. The number of hydrogen-bond donors (Lipinski definition) is 3. The Hall–Kier alpha value is -4.30. The molecule has 17 heteroatoms. The lowest BCUT2D eigenvalue weighted by Gasteiger charge is -2.44. The molecule has 320 valence electrons. The Bertz CT molecular complexity index is 1940. The van der Waals surface area contributed by atoms with Gasteiger partial charge in [-0.3, -0.25) is 34.3 Å². The van der Waals surface area contributed by atoms with Crippen LogP contribution in [-0.4, -0.2) is 99.3 Å². The highest BCUT2D eigenvalue weighted by Gasteiger charge is 2.52. The van der Waals surface area contributed by atoms with Gasteiger partial charge in [0.1, 0.15) is 11.6 Å². The number of piperidine rings is 1. The van der Waals surface area contributed by atoms with E-state index in [1.54, 1.807) is 26.0 Å². The zero-order valence-corrected chi connectivity index (χ0v) is 35.6. The molecule has 3 heterocycles. The SMILES string of the molecule is C[C@@H]1CN(CCCCC2CCC(N3C(=S)N(c4ccc(C#N)c(C(F)(F)F)c4)C(=O)C3(C)C)CC2)C[C@H](C)N1CC(=O)Nc1cccc(NC2CCC(=O)NC2=O)c1.Cl. The molecule has 0 aromatic heterocycles. The third-order valence-corrected chi connectivity index (χ3v) is 12.5. The molecule has 0 bridgehead atoms. The molecule has 1 saturated carbocycles. The van der Waals surface area contributed by atoms with Crippen molar-refractivity contribution in [1.29, 1.82) is 5.26 Å². The Morgan fingerprint density at radius 1 is 0.983 bits per heavy atom. The molecule has 6 rings (SSSR count). The highest BCUT2D eigenvalue weighted by Crippen LogP contribution is 2.41. The smallest absolute Gasteiger partial charge is 0.374 e. The van der Waals surface area contributed by atoms with Gasteiger partial charge in [-0.2, -0.15) is 18.4 Å². The van der Waals surface area contributed by atoms with E-state index in [2.05, 4.69) is 39.6 Å². The number of thiocarbonyl (C=S) groups is 1. The van der Waals surface area contributed by atoms with Crippen molar-refractivity contribution >= 4 is 70.4 Å². The van der Waals surface area contributed by atoms with Crippen LogP contribution >= 0.6 is 24.6 Å². The van der Waals surface area contributed by atoms with Crippen LogP contribution in [0.15, 0.2) is 42.5 Å². The second-order valence-corrected chi connectivity index (χ2v) is 17.1. The lowest BCUT2D eigenvalue weighted by molar-refractivity contribution is -0.138. The normalized spacial score (nSPS) is 25.3. The average Bonchev–Trinajstić information content (AvgIpc) is 3.34. The lowest BCUT2D eigenvalue weighted by Crippen LogP contribution is -2.58. The van der Waals surface area contributed by atoms with E-state index < -0.39 is 28.9 Å². The molecule has 1 unspecified atom stereocenters. The van der Waals surface area contributed by atoms with E-state index >= 15 is 0 Å². The molecule has 0 spiro atoms. The average molecular weight is 859 g/mol. The highest BCUT2D eigenvalue weighted by atomic mass is 35.5. The van der Waals surface area contributed by atoms with Crippen molar-refractivity contribution in [2.75, 3.05) is 41.7 Å². The van der Waals surface area contributed by atoms with Crippen molar-refractivity contribution < 1.29 is 32.3 Å². The number of nitrogens with one attached hydrogen (secondary N) is 3. The fourth-order valence-electron chi connectivity index (χ4n) is 9.16. The molecule has 4 aliphatic rings. The summed E-state index contributed by atoms with van der Waals surface area (Å²) in [5.41, 5.74) is -1.28. The monoisotopic (exact) mass is 858 g/mol. The van der Waals surface area contributed by atoms with Crippen molar-refractivity contribution in [3.8, 4) is 6.07 Å². The maximum atomic E-state index is 13.7. The molecular weight excluding hydrogens is 805 g/mol. The fourth-order valence-corrected chi connectivity index (χ4v) is 9.73. The van der Waals surface area contributed by atoms with Gasteiger partial charge in [0, 0.05) is 49.0 Å². The summed E-state index contributed by atoms with van der Waals surface area (Å²) in [6.45, 7) is 10.8. The second-order valence-electron chi connectivity index (χ2n) is 16.8. The molecule has 3 aliphatic heterocycles. The largest absolute Gasteiger partial charge is 0.417 e. The number of piperazine rings is 1. The third kappa shape index (κ3) is 10.5. The summed E-state index contributed by atoms with van der Waals surface area (Å²) in [6.07, 6.45) is 2.86. The van der Waals surface area contributed by atoms with Crippen LogP contribution in [0.1, 0.15) is 96.6 Å². The van der Waals surface area contributed by atoms with E-state index in [4.69, 9.17) is 12.2 Å². The van der Waals surface area contributed by atoms with Crippen molar-refractivity contribution in [3.63, 3.8) is 0 Å². The van der Waals surface area contributed by atoms with E-state index in [-0.39, 0.29) is 77.9 Å². The molecule has 4 fully saturated rings. The number of nitriles is 1. The molecule has 2 aromatic rings. The van der Waals surface area contributed by atoms with Gasteiger partial charge in [0.15, 0.2) is 5.11 Å². The van der Waals surface area contributed by atoms with E-state index in [1.165, 1.54) is 11.0 Å². The zero-order valence-electron chi connectivity index (χ0n) is 33.9. The van der Waals surface area contributed by atoms with Crippen LogP contribution in [0.25, 0.3) is 0 Å². The minimum atomic E-state index is -4.75. The number of rotatable bonds is 12. The predicted octanol–water partition coefficient (Wildman–Crippen LogP) is 6.69. The fraction of sp³-hybridized carbons (Fsp3) is 0.571. The minimum Gasteiger partial charge on any atom is -0.374 e.